The van der Waals surface area contributed by atoms with Gasteiger partial charge in [0, 0.05) is 19.4 Å². The van der Waals surface area contributed by atoms with Gasteiger partial charge in [-0.2, -0.15) is 0 Å². The maximum absolute atomic E-state index is 12.1. The standard InChI is InChI=1S/C42H76NO8P/c1-3-5-7-9-11-13-15-17-19-20-21-23-25-27-29-31-33-35-42(46)49-38-40(44)39-51-52(47,48)50-37-36-43-41(45)34-32-30-28-26-24-22-18-16-14-12-10-8-6-4-2/h10-13,16-19,40,44H,3-9,14-15,20-39H2,1-2H3,(H,43,45)(H,47,48)/b12-10-,13-11-,18-16-,19-17-. The topological polar surface area (TPSA) is 131 Å². The Morgan fingerprint density at radius 2 is 1.06 bits per heavy atom. The molecule has 10 heteroatoms. The smallest absolute Gasteiger partial charge is 0.463 e. The van der Waals surface area contributed by atoms with Gasteiger partial charge in [-0.1, -0.05) is 140 Å². The number of aliphatic hydroxyl groups excluding tert-OH is 1. The lowest BCUT2D eigenvalue weighted by molar-refractivity contribution is -0.147. The lowest BCUT2D eigenvalue weighted by atomic mass is 10.1. The maximum atomic E-state index is 12.1. The second-order valence-corrected chi connectivity index (χ2v) is 15.1. The molecule has 0 saturated carbocycles. The number of phosphoric ester groups is 1. The van der Waals surface area contributed by atoms with E-state index in [9.17, 15) is 24.2 Å². The summed E-state index contributed by atoms with van der Waals surface area (Å²) in [5.74, 6) is -0.541. The van der Waals surface area contributed by atoms with Crippen LogP contribution < -0.4 is 5.32 Å². The molecule has 0 fully saturated rings. The fourth-order valence-electron chi connectivity index (χ4n) is 5.31. The first-order valence-corrected chi connectivity index (χ1v) is 22.1. The van der Waals surface area contributed by atoms with Gasteiger partial charge in [-0.05, 0) is 70.6 Å². The van der Waals surface area contributed by atoms with E-state index in [0.717, 1.165) is 83.5 Å². The Balaban J connectivity index is 3.64. The van der Waals surface area contributed by atoms with Crippen LogP contribution in [0.15, 0.2) is 48.6 Å². The van der Waals surface area contributed by atoms with Gasteiger partial charge in [0.1, 0.15) is 12.7 Å². The van der Waals surface area contributed by atoms with E-state index < -0.39 is 26.5 Å². The Morgan fingerprint density at radius 3 is 1.60 bits per heavy atom. The molecule has 0 bridgehead atoms. The van der Waals surface area contributed by atoms with Crippen LogP contribution in [0.4, 0.5) is 0 Å². The van der Waals surface area contributed by atoms with Crippen LogP contribution in [0.2, 0.25) is 0 Å². The van der Waals surface area contributed by atoms with Crippen LogP contribution in [-0.2, 0) is 27.9 Å². The third-order valence-electron chi connectivity index (χ3n) is 8.48. The van der Waals surface area contributed by atoms with E-state index in [-0.39, 0.29) is 32.1 Å². The number of allylic oxidation sites excluding steroid dienone is 8. The summed E-state index contributed by atoms with van der Waals surface area (Å²) >= 11 is 0. The predicted molar refractivity (Wildman–Crippen MR) is 215 cm³/mol. The van der Waals surface area contributed by atoms with Gasteiger partial charge in [0.25, 0.3) is 0 Å². The van der Waals surface area contributed by atoms with Crippen LogP contribution in [0.3, 0.4) is 0 Å². The molecule has 0 spiro atoms. The van der Waals surface area contributed by atoms with Gasteiger partial charge in [0.05, 0.1) is 13.2 Å². The fourth-order valence-corrected chi connectivity index (χ4v) is 6.06. The second-order valence-electron chi connectivity index (χ2n) is 13.6. The van der Waals surface area contributed by atoms with E-state index in [1.54, 1.807) is 0 Å². The quantitative estimate of drug-likeness (QED) is 0.0246. The van der Waals surface area contributed by atoms with Crippen molar-refractivity contribution in [2.75, 3.05) is 26.4 Å². The molecule has 0 aromatic rings. The molecule has 0 aromatic heterocycles. The lowest BCUT2D eigenvalue weighted by Crippen LogP contribution is -2.27. The maximum Gasteiger partial charge on any atom is 0.472 e. The minimum atomic E-state index is -4.42. The number of aliphatic hydroxyl groups is 1. The summed E-state index contributed by atoms with van der Waals surface area (Å²) in [5, 5.41) is 12.7. The number of hydrogen-bond donors (Lipinski definition) is 3. The summed E-state index contributed by atoms with van der Waals surface area (Å²) < 4.78 is 26.8. The Bertz CT molecular complexity index is 996. The molecular formula is C42H76NO8P. The molecule has 3 N–H and O–H groups in total. The molecule has 0 aliphatic heterocycles. The van der Waals surface area contributed by atoms with E-state index >= 15 is 0 Å². The number of nitrogens with one attached hydrogen (secondary N) is 1. The highest BCUT2D eigenvalue weighted by Crippen LogP contribution is 2.42. The van der Waals surface area contributed by atoms with Gasteiger partial charge < -0.3 is 20.1 Å². The summed E-state index contributed by atoms with van der Waals surface area (Å²) in [6, 6.07) is 0. The summed E-state index contributed by atoms with van der Waals surface area (Å²) in [6.45, 7) is 3.45. The van der Waals surface area contributed by atoms with Gasteiger partial charge in [-0.3, -0.25) is 18.6 Å². The van der Waals surface area contributed by atoms with Crippen molar-refractivity contribution in [1.29, 1.82) is 0 Å². The average molecular weight is 754 g/mol. The van der Waals surface area contributed by atoms with Gasteiger partial charge >= 0.3 is 13.8 Å². The number of phosphoric acid groups is 1. The van der Waals surface area contributed by atoms with E-state index in [2.05, 4.69) is 67.8 Å². The average Bonchev–Trinajstić information content (AvgIpc) is 3.13. The molecule has 0 radical (unpaired) electrons. The van der Waals surface area contributed by atoms with Crippen molar-refractivity contribution < 1.29 is 37.9 Å². The molecule has 2 unspecified atom stereocenters. The highest BCUT2D eigenvalue weighted by atomic mass is 31.2. The van der Waals surface area contributed by atoms with E-state index in [1.165, 1.54) is 64.2 Å². The monoisotopic (exact) mass is 754 g/mol. The molecule has 0 rings (SSSR count). The number of esters is 1. The van der Waals surface area contributed by atoms with Gasteiger partial charge in [0.15, 0.2) is 0 Å². The molecule has 2 atom stereocenters. The number of rotatable bonds is 38. The van der Waals surface area contributed by atoms with Crippen molar-refractivity contribution in [1.82, 2.24) is 5.32 Å². The Morgan fingerprint density at radius 1 is 0.596 bits per heavy atom. The van der Waals surface area contributed by atoms with Gasteiger partial charge in [-0.25, -0.2) is 4.57 Å². The number of carbonyl (C=O) groups excluding carboxylic acids is 2. The van der Waals surface area contributed by atoms with Crippen LogP contribution in [0.1, 0.15) is 174 Å². The van der Waals surface area contributed by atoms with Crippen LogP contribution >= 0.6 is 7.82 Å². The molecule has 0 aliphatic carbocycles. The Kier molecular flexibility index (Phi) is 37.2. The van der Waals surface area contributed by atoms with Crippen LogP contribution in [0, 0.1) is 0 Å². The van der Waals surface area contributed by atoms with Crippen molar-refractivity contribution in [3.8, 4) is 0 Å². The third kappa shape index (κ3) is 39.2. The predicted octanol–water partition coefficient (Wildman–Crippen LogP) is 11.2. The number of carbonyl (C=O) groups is 2. The van der Waals surface area contributed by atoms with Crippen molar-refractivity contribution in [3.05, 3.63) is 48.6 Å². The summed E-state index contributed by atoms with van der Waals surface area (Å²) in [6.07, 6.45) is 43.2. The van der Waals surface area contributed by atoms with E-state index in [4.69, 9.17) is 13.8 Å². The highest BCUT2D eigenvalue weighted by Gasteiger charge is 2.23. The molecule has 0 aromatic carbocycles. The normalized spacial score (nSPS) is 13.8. The number of amides is 1. The summed E-state index contributed by atoms with van der Waals surface area (Å²) in [5.41, 5.74) is 0. The summed E-state index contributed by atoms with van der Waals surface area (Å²) in [4.78, 5) is 33.8. The zero-order valence-corrected chi connectivity index (χ0v) is 33.9. The molecule has 1 amide bonds. The molecule has 0 saturated heterocycles. The Hall–Kier alpha value is -2.03. The number of unbranched alkanes of at least 4 members (excludes halogenated alkanes) is 17. The van der Waals surface area contributed by atoms with Crippen molar-refractivity contribution in [2.45, 2.75) is 180 Å². The zero-order valence-electron chi connectivity index (χ0n) is 33.0. The first-order valence-electron chi connectivity index (χ1n) is 20.6. The van der Waals surface area contributed by atoms with Crippen LogP contribution in [0.5, 0.6) is 0 Å². The fraction of sp³-hybridized carbons (Fsp3) is 0.762. The molecule has 0 aliphatic rings. The van der Waals surface area contributed by atoms with Crippen molar-refractivity contribution in [3.63, 3.8) is 0 Å². The molecular weight excluding hydrogens is 677 g/mol. The molecule has 52 heavy (non-hydrogen) atoms. The van der Waals surface area contributed by atoms with Gasteiger partial charge in [0.2, 0.25) is 5.91 Å². The minimum absolute atomic E-state index is 0.0716. The highest BCUT2D eigenvalue weighted by molar-refractivity contribution is 7.47. The Labute approximate surface area is 317 Å². The molecule has 302 valence electrons. The van der Waals surface area contributed by atoms with E-state index in [0.29, 0.717) is 6.42 Å². The lowest BCUT2D eigenvalue weighted by Gasteiger charge is -2.15. The minimum Gasteiger partial charge on any atom is -0.463 e. The zero-order chi connectivity index (χ0) is 38.2. The summed E-state index contributed by atoms with van der Waals surface area (Å²) in [7, 11) is -4.42. The molecule has 0 heterocycles. The number of ether oxygens (including phenoxy) is 1. The van der Waals surface area contributed by atoms with Crippen molar-refractivity contribution in [2.24, 2.45) is 0 Å². The first kappa shape index (κ1) is 50.0. The SMILES string of the molecule is CCCC/C=C\C/C=C\CCCCCCCC(=O)NCCOP(=O)(O)OCC(O)COC(=O)CCCCCCCCC/C=C\C/C=C\CCCCC. The van der Waals surface area contributed by atoms with Crippen LogP contribution in [0.25, 0.3) is 0 Å². The largest absolute Gasteiger partial charge is 0.472 e. The first-order chi connectivity index (χ1) is 25.3. The van der Waals surface area contributed by atoms with Gasteiger partial charge in [-0.15, -0.1) is 0 Å². The van der Waals surface area contributed by atoms with Crippen LogP contribution in [-0.4, -0.2) is 54.3 Å². The van der Waals surface area contributed by atoms with E-state index in [1.807, 2.05) is 0 Å². The second kappa shape index (κ2) is 38.7. The van der Waals surface area contributed by atoms with Crippen molar-refractivity contribution >= 4 is 19.7 Å². The number of hydrogen-bond acceptors (Lipinski definition) is 7. The third-order valence-corrected chi connectivity index (χ3v) is 9.47. The molecule has 9 nitrogen and oxygen atoms in total.